The Kier molecular flexibility index (Phi) is 3.11. The summed E-state index contributed by atoms with van der Waals surface area (Å²) in [6.07, 6.45) is -0.715. The van der Waals surface area contributed by atoms with Gasteiger partial charge in [0.25, 0.3) is 0 Å². The zero-order valence-corrected chi connectivity index (χ0v) is 7.41. The van der Waals surface area contributed by atoms with E-state index >= 15 is 0 Å². The van der Waals surface area contributed by atoms with Crippen molar-refractivity contribution in [2.75, 3.05) is 6.61 Å². The van der Waals surface area contributed by atoms with Crippen LogP contribution in [0.2, 0.25) is 0 Å². The van der Waals surface area contributed by atoms with Crippen molar-refractivity contribution in [3.05, 3.63) is 29.8 Å². The standard InChI is InChI=1S/C10H13O2/c1-3-12-10-7-5-4-6-9(10)8(2)11/h4-8H,3H2,1-2H3. The van der Waals surface area contributed by atoms with Gasteiger partial charge in [-0.2, -0.15) is 0 Å². The Morgan fingerprint density at radius 2 is 2.08 bits per heavy atom. The summed E-state index contributed by atoms with van der Waals surface area (Å²) in [4.78, 5) is 0. The molecule has 0 saturated heterocycles. The second kappa shape index (κ2) is 4.12. The van der Waals surface area contributed by atoms with Gasteiger partial charge in [0.2, 0.25) is 0 Å². The zero-order chi connectivity index (χ0) is 8.97. The lowest BCUT2D eigenvalue weighted by Crippen LogP contribution is -1.98. The highest BCUT2D eigenvalue weighted by molar-refractivity contribution is 5.34. The fourth-order valence-electron chi connectivity index (χ4n) is 1.10. The molecule has 12 heavy (non-hydrogen) atoms. The molecule has 0 aliphatic heterocycles. The molecule has 1 radical (unpaired) electrons. The number of hydrogen-bond donors (Lipinski definition) is 0. The van der Waals surface area contributed by atoms with Crippen molar-refractivity contribution < 1.29 is 9.84 Å². The molecule has 1 aromatic carbocycles. The summed E-state index contributed by atoms with van der Waals surface area (Å²) in [5.41, 5.74) is 0.736. The van der Waals surface area contributed by atoms with E-state index in [4.69, 9.17) is 4.74 Å². The highest BCUT2D eigenvalue weighted by atomic mass is 16.5. The highest BCUT2D eigenvalue weighted by Crippen LogP contribution is 2.24. The largest absolute Gasteiger partial charge is 0.493 e. The molecule has 0 bridgehead atoms. The predicted molar refractivity (Wildman–Crippen MR) is 46.7 cm³/mol. The topological polar surface area (TPSA) is 29.1 Å². The van der Waals surface area contributed by atoms with Crippen molar-refractivity contribution >= 4 is 0 Å². The van der Waals surface area contributed by atoms with E-state index in [0.29, 0.717) is 12.4 Å². The molecule has 1 rings (SSSR count). The molecule has 0 aliphatic rings. The number of hydrogen-bond acceptors (Lipinski definition) is 1. The van der Waals surface area contributed by atoms with Gasteiger partial charge < -0.3 is 4.74 Å². The molecular weight excluding hydrogens is 152 g/mol. The Hall–Kier alpha value is -1.02. The molecule has 0 fully saturated rings. The summed E-state index contributed by atoms with van der Waals surface area (Å²) in [6.45, 7) is 4.13. The van der Waals surface area contributed by atoms with Crippen LogP contribution in [0.1, 0.15) is 25.5 Å². The molecule has 1 atom stereocenters. The molecule has 0 amide bonds. The van der Waals surface area contributed by atoms with E-state index in [2.05, 4.69) is 0 Å². The first-order valence-corrected chi connectivity index (χ1v) is 4.13. The highest BCUT2D eigenvalue weighted by Gasteiger charge is 2.08. The normalized spacial score (nSPS) is 12.6. The summed E-state index contributed by atoms with van der Waals surface area (Å²) >= 11 is 0. The van der Waals surface area contributed by atoms with Crippen LogP contribution in [0.5, 0.6) is 5.75 Å². The molecule has 0 aromatic heterocycles. The monoisotopic (exact) mass is 165 g/mol. The van der Waals surface area contributed by atoms with Crippen LogP contribution in [-0.4, -0.2) is 6.61 Å². The van der Waals surface area contributed by atoms with Crippen molar-refractivity contribution in [3.8, 4) is 5.75 Å². The Labute approximate surface area is 72.8 Å². The van der Waals surface area contributed by atoms with Crippen LogP contribution in [0.4, 0.5) is 0 Å². The molecule has 0 aliphatic carbocycles. The van der Waals surface area contributed by atoms with Gasteiger partial charge in [-0.1, -0.05) is 18.2 Å². The molecule has 1 aromatic rings. The van der Waals surface area contributed by atoms with E-state index in [1.165, 1.54) is 0 Å². The van der Waals surface area contributed by atoms with Crippen LogP contribution >= 0.6 is 0 Å². The number of ether oxygens (including phenoxy) is 1. The molecule has 65 valence electrons. The molecular formula is C10H13O2. The van der Waals surface area contributed by atoms with Gasteiger partial charge in [0.05, 0.1) is 6.61 Å². The van der Waals surface area contributed by atoms with Gasteiger partial charge in [-0.3, -0.25) is 0 Å². The minimum atomic E-state index is -0.715. The van der Waals surface area contributed by atoms with Crippen molar-refractivity contribution in [3.63, 3.8) is 0 Å². The molecule has 0 N–H and O–H groups in total. The van der Waals surface area contributed by atoms with Crippen molar-refractivity contribution in [1.29, 1.82) is 0 Å². The molecule has 0 heterocycles. The predicted octanol–water partition coefficient (Wildman–Crippen LogP) is 2.58. The SMILES string of the molecule is CCOc1ccccc1C(C)[O]. The Balaban J connectivity index is 2.92. The molecule has 0 saturated carbocycles. The number of benzene rings is 1. The third-order valence-electron chi connectivity index (χ3n) is 1.66. The minimum absolute atomic E-state index is 0.601. The Bertz CT molecular complexity index is 243. The fraction of sp³-hybridized carbons (Fsp3) is 0.400. The van der Waals surface area contributed by atoms with Gasteiger partial charge in [0.1, 0.15) is 11.9 Å². The van der Waals surface area contributed by atoms with Crippen LogP contribution in [0.25, 0.3) is 0 Å². The van der Waals surface area contributed by atoms with Crippen LogP contribution < -0.4 is 4.74 Å². The maximum absolute atomic E-state index is 11.1. The lowest BCUT2D eigenvalue weighted by Gasteiger charge is -2.09. The summed E-state index contributed by atoms with van der Waals surface area (Å²) < 4.78 is 5.30. The second-order valence-electron chi connectivity index (χ2n) is 2.61. The number of para-hydroxylation sites is 1. The first-order chi connectivity index (χ1) is 5.75. The summed E-state index contributed by atoms with van der Waals surface area (Å²) in [6, 6.07) is 7.36. The summed E-state index contributed by atoms with van der Waals surface area (Å²) in [5.74, 6) is 0.711. The molecule has 0 spiro atoms. The van der Waals surface area contributed by atoms with E-state index in [9.17, 15) is 5.11 Å². The minimum Gasteiger partial charge on any atom is -0.493 e. The van der Waals surface area contributed by atoms with E-state index in [1.54, 1.807) is 6.92 Å². The Morgan fingerprint density at radius 3 is 2.67 bits per heavy atom. The Morgan fingerprint density at radius 1 is 1.42 bits per heavy atom. The van der Waals surface area contributed by atoms with Gasteiger partial charge in [-0.05, 0) is 19.9 Å². The average molecular weight is 165 g/mol. The first kappa shape index (κ1) is 9.07. The molecule has 2 nitrogen and oxygen atoms in total. The van der Waals surface area contributed by atoms with Crippen LogP contribution in [0.3, 0.4) is 0 Å². The van der Waals surface area contributed by atoms with E-state index < -0.39 is 6.10 Å². The molecule has 2 heteroatoms. The van der Waals surface area contributed by atoms with Crippen molar-refractivity contribution in [1.82, 2.24) is 0 Å². The maximum atomic E-state index is 11.1. The summed E-state index contributed by atoms with van der Waals surface area (Å²) in [7, 11) is 0. The number of rotatable bonds is 3. The van der Waals surface area contributed by atoms with Crippen molar-refractivity contribution in [2.45, 2.75) is 20.0 Å². The average Bonchev–Trinajstić information content (AvgIpc) is 2.05. The zero-order valence-electron chi connectivity index (χ0n) is 7.41. The van der Waals surface area contributed by atoms with Crippen molar-refractivity contribution in [2.24, 2.45) is 0 Å². The van der Waals surface area contributed by atoms with Crippen LogP contribution in [0.15, 0.2) is 24.3 Å². The third kappa shape index (κ3) is 1.98. The van der Waals surface area contributed by atoms with Gasteiger partial charge in [0, 0.05) is 5.56 Å². The quantitative estimate of drug-likeness (QED) is 0.676. The van der Waals surface area contributed by atoms with Gasteiger partial charge in [0.15, 0.2) is 0 Å². The summed E-state index contributed by atoms with van der Waals surface area (Å²) in [5, 5.41) is 11.1. The van der Waals surface area contributed by atoms with Gasteiger partial charge in [-0.15, -0.1) is 0 Å². The van der Waals surface area contributed by atoms with Crippen LogP contribution in [0, 0.1) is 0 Å². The second-order valence-corrected chi connectivity index (χ2v) is 2.61. The molecule has 1 unspecified atom stereocenters. The van der Waals surface area contributed by atoms with Crippen LogP contribution in [-0.2, 0) is 5.11 Å². The van der Waals surface area contributed by atoms with Gasteiger partial charge in [-0.25, -0.2) is 5.11 Å². The lowest BCUT2D eigenvalue weighted by atomic mass is 10.1. The van der Waals surface area contributed by atoms with Gasteiger partial charge >= 0.3 is 0 Å². The third-order valence-corrected chi connectivity index (χ3v) is 1.66. The maximum Gasteiger partial charge on any atom is 0.125 e. The van der Waals surface area contributed by atoms with E-state index in [0.717, 1.165) is 5.56 Å². The van der Waals surface area contributed by atoms with E-state index in [1.807, 2.05) is 31.2 Å². The first-order valence-electron chi connectivity index (χ1n) is 4.13. The smallest absolute Gasteiger partial charge is 0.125 e. The fourth-order valence-corrected chi connectivity index (χ4v) is 1.10. The lowest BCUT2D eigenvalue weighted by molar-refractivity contribution is 0.103. The van der Waals surface area contributed by atoms with E-state index in [-0.39, 0.29) is 0 Å².